The van der Waals surface area contributed by atoms with E-state index in [0.717, 1.165) is 27.7 Å². The zero-order valence-electron chi connectivity index (χ0n) is 10.2. The molecule has 0 saturated carbocycles. The largest absolute Gasteiger partial charge is 0.386 e. The summed E-state index contributed by atoms with van der Waals surface area (Å²) < 4.78 is 0. The van der Waals surface area contributed by atoms with Crippen molar-refractivity contribution in [2.75, 3.05) is 5.88 Å². The van der Waals surface area contributed by atoms with E-state index >= 15 is 0 Å². The van der Waals surface area contributed by atoms with Crippen LogP contribution in [0.3, 0.4) is 0 Å². The van der Waals surface area contributed by atoms with Gasteiger partial charge in [-0.05, 0) is 37.1 Å². The lowest BCUT2D eigenvalue weighted by Gasteiger charge is -2.07. The van der Waals surface area contributed by atoms with Crippen LogP contribution in [0.1, 0.15) is 11.1 Å². The van der Waals surface area contributed by atoms with Gasteiger partial charge in [0.05, 0.1) is 17.1 Å². The maximum Gasteiger partial charge on any atom is 0.248 e. The second-order valence-corrected chi connectivity index (χ2v) is 4.50. The van der Waals surface area contributed by atoms with Crippen LogP contribution in [0.25, 0.3) is 10.9 Å². The van der Waals surface area contributed by atoms with Crippen LogP contribution in [0.5, 0.6) is 0 Å². The number of alkyl halides is 1. The van der Waals surface area contributed by atoms with Crippen molar-refractivity contribution in [2.45, 2.75) is 13.8 Å². The Hall–Kier alpha value is -1.81. The summed E-state index contributed by atoms with van der Waals surface area (Å²) in [6.07, 6.45) is 0. The van der Waals surface area contributed by atoms with Crippen LogP contribution < -0.4 is 11.3 Å². The van der Waals surface area contributed by atoms with E-state index in [1.165, 1.54) is 0 Å². The molecule has 18 heavy (non-hydrogen) atoms. The van der Waals surface area contributed by atoms with Crippen molar-refractivity contribution >= 4 is 34.0 Å². The average molecular weight is 264 g/mol. The van der Waals surface area contributed by atoms with Crippen molar-refractivity contribution in [3.05, 3.63) is 39.7 Å². The summed E-state index contributed by atoms with van der Waals surface area (Å²) >= 11 is 5.61. The normalized spacial score (nSPS) is 12.1. The summed E-state index contributed by atoms with van der Waals surface area (Å²) in [7, 11) is 0. The van der Waals surface area contributed by atoms with Crippen molar-refractivity contribution < 1.29 is 0 Å². The summed E-state index contributed by atoms with van der Waals surface area (Å²) in [6, 6.07) is 5.39. The summed E-state index contributed by atoms with van der Waals surface area (Å²) in [4.78, 5) is 18.5. The molecule has 94 valence electrons. The molecule has 0 aliphatic heterocycles. The highest BCUT2D eigenvalue weighted by Gasteiger charge is 2.05. The molecule has 1 heterocycles. The molecule has 0 saturated heterocycles. The third-order valence-corrected chi connectivity index (χ3v) is 3.04. The summed E-state index contributed by atoms with van der Waals surface area (Å²) in [5.74, 6) is 0.538. The number of aromatic amines is 1. The third-order valence-electron chi connectivity index (χ3n) is 2.77. The molecule has 2 rings (SSSR count). The predicted octanol–water partition coefficient (Wildman–Crippen LogP) is 2.37. The van der Waals surface area contributed by atoms with Crippen LogP contribution in [0.15, 0.2) is 28.0 Å². The number of benzene rings is 1. The topological polar surface area (TPSA) is 71.2 Å². The van der Waals surface area contributed by atoms with E-state index in [2.05, 4.69) is 9.98 Å². The van der Waals surface area contributed by atoms with Crippen LogP contribution in [0.2, 0.25) is 0 Å². The van der Waals surface area contributed by atoms with Gasteiger partial charge in [-0.15, -0.1) is 11.6 Å². The van der Waals surface area contributed by atoms with Gasteiger partial charge in [-0.1, -0.05) is 0 Å². The lowest BCUT2D eigenvalue weighted by atomic mass is 10.1. The number of H-pyrrole nitrogens is 1. The van der Waals surface area contributed by atoms with Gasteiger partial charge in [0.1, 0.15) is 5.84 Å². The number of aromatic nitrogens is 1. The van der Waals surface area contributed by atoms with Crippen molar-refractivity contribution in [2.24, 2.45) is 10.7 Å². The monoisotopic (exact) mass is 263 g/mol. The van der Waals surface area contributed by atoms with E-state index < -0.39 is 0 Å². The highest BCUT2D eigenvalue weighted by Crippen LogP contribution is 2.25. The highest BCUT2D eigenvalue weighted by atomic mass is 35.5. The third kappa shape index (κ3) is 2.38. The van der Waals surface area contributed by atoms with Crippen molar-refractivity contribution in [3.8, 4) is 0 Å². The number of nitrogens with two attached hydrogens (primary N) is 1. The molecular weight excluding hydrogens is 250 g/mol. The molecule has 1 aromatic heterocycles. The smallest absolute Gasteiger partial charge is 0.248 e. The maximum absolute atomic E-state index is 11.4. The van der Waals surface area contributed by atoms with Crippen molar-refractivity contribution in [3.63, 3.8) is 0 Å². The highest BCUT2D eigenvalue weighted by molar-refractivity contribution is 6.28. The molecule has 3 N–H and O–H groups in total. The first kappa shape index (κ1) is 12.6. The predicted molar refractivity (Wildman–Crippen MR) is 76.0 cm³/mol. The number of nitrogens with one attached hydrogen (secondary N) is 1. The molecular formula is C13H14ClN3O. The van der Waals surface area contributed by atoms with E-state index in [-0.39, 0.29) is 11.4 Å². The summed E-state index contributed by atoms with van der Waals surface area (Å²) in [5, 5.41) is 1.01. The molecule has 5 heteroatoms. The van der Waals surface area contributed by atoms with Gasteiger partial charge in [-0.3, -0.25) is 4.79 Å². The molecule has 0 atom stereocenters. The SMILES string of the molecule is Cc1cc2c(C)cc(=O)[nH]c2cc1N=C(N)CCl. The number of amidine groups is 1. The Morgan fingerprint density at radius 2 is 2.06 bits per heavy atom. The van der Waals surface area contributed by atoms with Gasteiger partial charge in [-0.2, -0.15) is 0 Å². The number of nitrogens with zero attached hydrogens (tertiary/aromatic N) is 1. The van der Waals surface area contributed by atoms with Crippen LogP contribution in [-0.2, 0) is 0 Å². The minimum Gasteiger partial charge on any atom is -0.386 e. The molecule has 0 unspecified atom stereocenters. The standard InChI is InChI=1S/C13H14ClN3O/c1-7-4-13(18)17-11-5-10(16-12(15)6-14)8(2)3-9(7)11/h3-5H,6H2,1-2H3,(H2,15,16)(H,17,18). The van der Waals surface area contributed by atoms with Crippen molar-refractivity contribution in [1.29, 1.82) is 0 Å². The number of aryl methyl sites for hydroxylation is 2. The van der Waals surface area contributed by atoms with Gasteiger partial charge in [0.15, 0.2) is 0 Å². The van der Waals surface area contributed by atoms with Gasteiger partial charge in [-0.25, -0.2) is 4.99 Å². The molecule has 0 bridgehead atoms. The minimum atomic E-state index is -0.121. The number of rotatable bonds is 2. The van der Waals surface area contributed by atoms with Gasteiger partial charge >= 0.3 is 0 Å². The Kier molecular flexibility index (Phi) is 3.39. The van der Waals surface area contributed by atoms with Gasteiger partial charge in [0.25, 0.3) is 0 Å². The number of hydrogen-bond acceptors (Lipinski definition) is 2. The van der Waals surface area contributed by atoms with Crippen LogP contribution >= 0.6 is 11.6 Å². The Bertz CT molecular complexity index is 688. The van der Waals surface area contributed by atoms with Gasteiger partial charge in [0, 0.05) is 11.5 Å². The molecule has 0 spiro atoms. The summed E-state index contributed by atoms with van der Waals surface area (Å²) in [6.45, 7) is 3.86. The number of halogens is 1. The molecule has 0 radical (unpaired) electrons. The molecule has 0 aliphatic rings. The van der Waals surface area contributed by atoms with E-state index in [1.807, 2.05) is 26.0 Å². The van der Waals surface area contributed by atoms with Crippen LogP contribution in [0.4, 0.5) is 5.69 Å². The Morgan fingerprint density at radius 1 is 1.33 bits per heavy atom. The van der Waals surface area contributed by atoms with Crippen LogP contribution in [0, 0.1) is 13.8 Å². The van der Waals surface area contributed by atoms with E-state index in [0.29, 0.717) is 5.84 Å². The molecule has 0 amide bonds. The zero-order valence-corrected chi connectivity index (χ0v) is 11.0. The Morgan fingerprint density at radius 3 is 2.72 bits per heavy atom. The fourth-order valence-corrected chi connectivity index (χ4v) is 1.93. The molecule has 0 aliphatic carbocycles. The summed E-state index contributed by atoms with van der Waals surface area (Å²) in [5.41, 5.74) is 8.92. The molecule has 1 aromatic carbocycles. The lowest BCUT2D eigenvalue weighted by Crippen LogP contribution is -2.12. The first-order valence-electron chi connectivity index (χ1n) is 5.54. The van der Waals surface area contributed by atoms with E-state index in [1.54, 1.807) is 6.07 Å². The second-order valence-electron chi connectivity index (χ2n) is 4.24. The van der Waals surface area contributed by atoms with Gasteiger partial charge in [0.2, 0.25) is 5.56 Å². The Balaban J connectivity index is 2.72. The zero-order chi connectivity index (χ0) is 13.3. The molecule has 2 aromatic rings. The number of pyridine rings is 1. The first-order chi connectivity index (χ1) is 8.51. The van der Waals surface area contributed by atoms with Crippen LogP contribution in [-0.4, -0.2) is 16.7 Å². The van der Waals surface area contributed by atoms with Gasteiger partial charge < -0.3 is 10.7 Å². The molecule has 4 nitrogen and oxygen atoms in total. The maximum atomic E-state index is 11.4. The van der Waals surface area contributed by atoms with E-state index in [4.69, 9.17) is 17.3 Å². The number of fused-ring (bicyclic) bond motifs is 1. The fraction of sp³-hybridized carbons (Fsp3) is 0.231. The Labute approximate surface area is 109 Å². The second kappa shape index (κ2) is 4.82. The quantitative estimate of drug-likeness (QED) is 0.496. The minimum absolute atomic E-state index is 0.121. The van der Waals surface area contributed by atoms with Crippen molar-refractivity contribution in [1.82, 2.24) is 4.98 Å². The van der Waals surface area contributed by atoms with E-state index in [9.17, 15) is 4.79 Å². The lowest BCUT2D eigenvalue weighted by molar-refractivity contribution is 1.27. The first-order valence-corrected chi connectivity index (χ1v) is 6.08. The fourth-order valence-electron chi connectivity index (χ4n) is 1.87. The number of aliphatic imine (C=N–C) groups is 1. The molecule has 0 fully saturated rings. The average Bonchev–Trinajstić information content (AvgIpc) is 2.31. The number of hydrogen-bond donors (Lipinski definition) is 2.